The summed E-state index contributed by atoms with van der Waals surface area (Å²) in [6, 6.07) is 18.2. The maximum atomic E-state index is 12.7. The lowest BCUT2D eigenvalue weighted by Crippen LogP contribution is -2.31. The van der Waals surface area contributed by atoms with E-state index in [0.717, 1.165) is 27.8 Å². The monoisotopic (exact) mass is 472 g/mol. The SMILES string of the molecule is O=C(c1ccc(Br)cc1)c1ccc(-c2nccc(-c3cc4c([nH]3)CCNC4=O)n2)cc1. The van der Waals surface area contributed by atoms with Crippen molar-refractivity contribution < 1.29 is 9.59 Å². The van der Waals surface area contributed by atoms with E-state index < -0.39 is 0 Å². The van der Waals surface area contributed by atoms with Gasteiger partial charge in [-0.2, -0.15) is 0 Å². The number of aromatic amines is 1. The van der Waals surface area contributed by atoms with Crippen LogP contribution >= 0.6 is 15.9 Å². The molecule has 2 aromatic heterocycles. The van der Waals surface area contributed by atoms with Crippen molar-refractivity contribution in [2.24, 2.45) is 0 Å². The van der Waals surface area contributed by atoms with Crippen LogP contribution in [0.25, 0.3) is 22.8 Å². The normalized spacial score (nSPS) is 12.9. The fraction of sp³-hybridized carbons (Fsp3) is 0.0833. The second-order valence-corrected chi connectivity index (χ2v) is 8.18. The molecule has 4 aromatic rings. The van der Waals surface area contributed by atoms with Crippen LogP contribution in [0.5, 0.6) is 0 Å². The zero-order valence-corrected chi connectivity index (χ0v) is 17.9. The number of ketones is 1. The lowest BCUT2D eigenvalue weighted by molar-refractivity contribution is 0.0945. The maximum absolute atomic E-state index is 12.7. The van der Waals surface area contributed by atoms with Gasteiger partial charge in [0.15, 0.2) is 11.6 Å². The number of fused-ring (bicyclic) bond motifs is 1. The fourth-order valence-electron chi connectivity index (χ4n) is 3.62. The first-order valence-corrected chi connectivity index (χ1v) is 10.6. The molecule has 0 radical (unpaired) electrons. The highest BCUT2D eigenvalue weighted by Gasteiger charge is 2.20. The van der Waals surface area contributed by atoms with Gasteiger partial charge in [-0.15, -0.1) is 0 Å². The predicted octanol–water partition coefficient (Wildman–Crippen LogP) is 4.42. The smallest absolute Gasteiger partial charge is 0.253 e. The van der Waals surface area contributed by atoms with E-state index in [-0.39, 0.29) is 11.7 Å². The number of aromatic nitrogens is 3. The Morgan fingerprint density at radius 2 is 1.68 bits per heavy atom. The molecule has 1 aliphatic heterocycles. The lowest BCUT2D eigenvalue weighted by atomic mass is 10.0. The van der Waals surface area contributed by atoms with Crippen molar-refractivity contribution in [2.45, 2.75) is 6.42 Å². The number of H-pyrrole nitrogens is 1. The van der Waals surface area contributed by atoms with Gasteiger partial charge in [-0.1, -0.05) is 40.2 Å². The molecule has 2 N–H and O–H groups in total. The largest absolute Gasteiger partial charge is 0.356 e. The molecule has 0 fully saturated rings. The Morgan fingerprint density at radius 3 is 2.39 bits per heavy atom. The number of rotatable bonds is 4. The molecule has 2 aromatic carbocycles. The highest BCUT2D eigenvalue weighted by Crippen LogP contribution is 2.25. The fourth-order valence-corrected chi connectivity index (χ4v) is 3.88. The number of halogens is 1. The van der Waals surface area contributed by atoms with Crippen LogP contribution in [0.1, 0.15) is 32.0 Å². The predicted molar refractivity (Wildman–Crippen MR) is 121 cm³/mol. The molecule has 0 atom stereocenters. The van der Waals surface area contributed by atoms with Crippen molar-refractivity contribution in [1.29, 1.82) is 0 Å². The summed E-state index contributed by atoms with van der Waals surface area (Å²) in [5.74, 6) is 0.449. The van der Waals surface area contributed by atoms with E-state index in [4.69, 9.17) is 0 Å². The molecule has 0 saturated heterocycles. The first kappa shape index (κ1) is 19.4. The zero-order chi connectivity index (χ0) is 21.4. The molecule has 0 bridgehead atoms. The average molecular weight is 473 g/mol. The summed E-state index contributed by atoms with van der Waals surface area (Å²) >= 11 is 3.38. The Kier molecular flexibility index (Phi) is 4.95. The van der Waals surface area contributed by atoms with Gasteiger partial charge in [0, 0.05) is 46.0 Å². The average Bonchev–Trinajstić information content (AvgIpc) is 3.25. The van der Waals surface area contributed by atoms with Gasteiger partial charge in [-0.05, 0) is 36.4 Å². The van der Waals surface area contributed by atoms with Crippen molar-refractivity contribution in [3.05, 3.63) is 93.7 Å². The van der Waals surface area contributed by atoms with Crippen molar-refractivity contribution in [1.82, 2.24) is 20.3 Å². The number of carbonyl (C=O) groups excluding carboxylic acids is 2. The Bertz CT molecular complexity index is 1290. The summed E-state index contributed by atoms with van der Waals surface area (Å²) in [5.41, 5.74) is 5.13. The third kappa shape index (κ3) is 3.80. The molecular formula is C24H17BrN4O2. The van der Waals surface area contributed by atoms with E-state index >= 15 is 0 Å². The second kappa shape index (κ2) is 7.92. The minimum Gasteiger partial charge on any atom is -0.356 e. The van der Waals surface area contributed by atoms with Crippen molar-refractivity contribution in [2.75, 3.05) is 6.54 Å². The topological polar surface area (TPSA) is 87.7 Å². The van der Waals surface area contributed by atoms with Crippen LogP contribution < -0.4 is 5.32 Å². The number of benzene rings is 2. The number of nitrogens with one attached hydrogen (secondary N) is 2. The first-order chi connectivity index (χ1) is 15.1. The number of hydrogen-bond acceptors (Lipinski definition) is 4. The van der Waals surface area contributed by atoms with Gasteiger partial charge in [0.1, 0.15) is 0 Å². The van der Waals surface area contributed by atoms with E-state index in [1.807, 2.05) is 36.4 Å². The van der Waals surface area contributed by atoms with E-state index in [1.54, 1.807) is 30.5 Å². The zero-order valence-electron chi connectivity index (χ0n) is 16.4. The van der Waals surface area contributed by atoms with Crippen molar-refractivity contribution in [3.63, 3.8) is 0 Å². The molecule has 0 saturated carbocycles. The van der Waals surface area contributed by atoms with Gasteiger partial charge in [-0.25, -0.2) is 9.97 Å². The molecule has 0 spiro atoms. The van der Waals surface area contributed by atoms with Gasteiger partial charge < -0.3 is 10.3 Å². The van der Waals surface area contributed by atoms with Crippen molar-refractivity contribution in [3.8, 4) is 22.8 Å². The molecule has 7 heteroatoms. The number of amides is 1. The van der Waals surface area contributed by atoms with Crippen LogP contribution in [-0.2, 0) is 6.42 Å². The summed E-state index contributed by atoms with van der Waals surface area (Å²) in [4.78, 5) is 37.1. The molecule has 31 heavy (non-hydrogen) atoms. The van der Waals surface area contributed by atoms with Gasteiger partial charge >= 0.3 is 0 Å². The quantitative estimate of drug-likeness (QED) is 0.430. The first-order valence-electron chi connectivity index (χ1n) is 9.83. The lowest BCUT2D eigenvalue weighted by Gasteiger charge is -2.10. The highest BCUT2D eigenvalue weighted by molar-refractivity contribution is 9.10. The molecule has 0 unspecified atom stereocenters. The molecule has 6 nitrogen and oxygen atoms in total. The Balaban J connectivity index is 1.42. The highest BCUT2D eigenvalue weighted by atomic mass is 79.9. The van der Waals surface area contributed by atoms with E-state index in [9.17, 15) is 9.59 Å². The molecule has 1 aliphatic rings. The molecular weight excluding hydrogens is 456 g/mol. The molecule has 0 aliphatic carbocycles. The van der Waals surface area contributed by atoms with Gasteiger partial charge in [-0.3, -0.25) is 9.59 Å². The van der Waals surface area contributed by atoms with Gasteiger partial charge in [0.05, 0.1) is 17.0 Å². The number of hydrogen-bond donors (Lipinski definition) is 2. The minimum absolute atomic E-state index is 0.0380. The Morgan fingerprint density at radius 1 is 0.968 bits per heavy atom. The summed E-state index contributed by atoms with van der Waals surface area (Å²) in [6.07, 6.45) is 2.46. The van der Waals surface area contributed by atoms with Crippen LogP contribution in [0.4, 0.5) is 0 Å². The minimum atomic E-state index is -0.0657. The Hall–Kier alpha value is -3.58. The van der Waals surface area contributed by atoms with Gasteiger partial charge in [0.25, 0.3) is 5.91 Å². The maximum Gasteiger partial charge on any atom is 0.253 e. The molecule has 3 heterocycles. The van der Waals surface area contributed by atoms with Crippen LogP contribution in [-0.4, -0.2) is 33.2 Å². The Labute approximate surface area is 186 Å². The van der Waals surface area contributed by atoms with E-state index in [1.165, 1.54) is 0 Å². The summed E-state index contributed by atoms with van der Waals surface area (Å²) in [6.45, 7) is 0.631. The third-order valence-corrected chi connectivity index (χ3v) is 5.78. The standard InChI is InChI=1S/C24H17BrN4O2/c25-17-7-5-15(6-8-17)22(30)14-1-3-16(4-2-14)23-26-11-10-20(29-23)21-13-18-19(28-21)9-12-27-24(18)31/h1-8,10-11,13,28H,9,12H2,(H,27,31). The number of carbonyl (C=O) groups is 2. The second-order valence-electron chi connectivity index (χ2n) is 7.26. The van der Waals surface area contributed by atoms with Gasteiger partial charge in [0.2, 0.25) is 0 Å². The van der Waals surface area contributed by atoms with E-state index in [2.05, 4.69) is 36.2 Å². The molecule has 152 valence electrons. The summed E-state index contributed by atoms with van der Waals surface area (Å²) in [7, 11) is 0. The van der Waals surface area contributed by atoms with Crippen LogP contribution in [0, 0.1) is 0 Å². The van der Waals surface area contributed by atoms with Crippen molar-refractivity contribution >= 4 is 27.6 Å². The van der Waals surface area contributed by atoms with Crippen LogP contribution in [0.3, 0.4) is 0 Å². The van der Waals surface area contributed by atoms with Crippen LogP contribution in [0.15, 0.2) is 71.3 Å². The van der Waals surface area contributed by atoms with E-state index in [0.29, 0.717) is 34.8 Å². The molecule has 5 rings (SSSR count). The van der Waals surface area contributed by atoms with Crippen LogP contribution in [0.2, 0.25) is 0 Å². The third-order valence-electron chi connectivity index (χ3n) is 5.25. The summed E-state index contributed by atoms with van der Waals surface area (Å²) < 4.78 is 0.931. The summed E-state index contributed by atoms with van der Waals surface area (Å²) in [5, 5.41) is 2.85. The number of nitrogens with zero attached hydrogens (tertiary/aromatic N) is 2. The molecule has 1 amide bonds.